The standard InChI is InChI=1S/C13H19N5O3S/c1-5-9-14-7(2)11(22-9)8(3)17(4)10(19)6-18-12(20)15-16-13(18)21/h8H,5-6H2,1-4H3,(H,15,20)(H,16,21). The number of hydrogen-bond donors (Lipinski definition) is 2. The van der Waals surface area contributed by atoms with Crippen LogP contribution >= 0.6 is 11.3 Å². The molecule has 0 fully saturated rings. The van der Waals surface area contributed by atoms with Crippen molar-refractivity contribution in [3.63, 3.8) is 0 Å². The third-order valence-electron chi connectivity index (χ3n) is 3.59. The number of likely N-dealkylation sites (N-methyl/N-ethyl adjacent to an activating group) is 1. The molecule has 2 heterocycles. The van der Waals surface area contributed by atoms with Gasteiger partial charge in [-0.25, -0.2) is 29.3 Å². The minimum Gasteiger partial charge on any atom is -0.337 e. The summed E-state index contributed by atoms with van der Waals surface area (Å²) in [6.45, 7) is 5.56. The molecule has 2 N–H and O–H groups in total. The van der Waals surface area contributed by atoms with E-state index in [-0.39, 0.29) is 18.5 Å². The summed E-state index contributed by atoms with van der Waals surface area (Å²) in [5.41, 5.74) is -0.339. The maximum atomic E-state index is 12.3. The van der Waals surface area contributed by atoms with Crippen LogP contribution in [0.25, 0.3) is 0 Å². The van der Waals surface area contributed by atoms with Crippen molar-refractivity contribution in [2.24, 2.45) is 0 Å². The Kier molecular flexibility index (Phi) is 4.65. The third-order valence-corrected chi connectivity index (χ3v) is 5.07. The Bertz CT molecular complexity index is 757. The van der Waals surface area contributed by atoms with Crippen LogP contribution in [-0.4, -0.2) is 37.6 Å². The van der Waals surface area contributed by atoms with Crippen molar-refractivity contribution in [3.05, 3.63) is 36.5 Å². The molecular formula is C13H19N5O3S. The normalized spacial score (nSPS) is 12.4. The maximum absolute atomic E-state index is 12.3. The van der Waals surface area contributed by atoms with E-state index >= 15 is 0 Å². The van der Waals surface area contributed by atoms with Gasteiger partial charge in [0.1, 0.15) is 6.54 Å². The molecule has 0 aliphatic carbocycles. The zero-order valence-corrected chi connectivity index (χ0v) is 13.8. The molecule has 0 saturated heterocycles. The second kappa shape index (κ2) is 6.30. The van der Waals surface area contributed by atoms with Gasteiger partial charge in [-0.15, -0.1) is 11.3 Å². The maximum Gasteiger partial charge on any atom is 0.344 e. The Hall–Kier alpha value is -2.16. The highest BCUT2D eigenvalue weighted by molar-refractivity contribution is 7.11. The summed E-state index contributed by atoms with van der Waals surface area (Å²) in [5, 5.41) is 5.33. The van der Waals surface area contributed by atoms with Crippen LogP contribution in [-0.2, 0) is 17.8 Å². The minimum atomic E-state index is -0.623. The van der Waals surface area contributed by atoms with Crippen molar-refractivity contribution in [1.29, 1.82) is 0 Å². The van der Waals surface area contributed by atoms with Gasteiger partial charge in [0.25, 0.3) is 0 Å². The highest BCUT2D eigenvalue weighted by Crippen LogP contribution is 2.28. The Balaban J connectivity index is 2.17. The summed E-state index contributed by atoms with van der Waals surface area (Å²) in [4.78, 5) is 42.2. The number of carbonyl (C=O) groups excluding carboxylic acids is 1. The Morgan fingerprint density at radius 2 is 1.95 bits per heavy atom. The number of nitrogens with zero attached hydrogens (tertiary/aromatic N) is 3. The Morgan fingerprint density at radius 1 is 1.36 bits per heavy atom. The molecule has 8 nitrogen and oxygen atoms in total. The number of aryl methyl sites for hydroxylation is 2. The van der Waals surface area contributed by atoms with Gasteiger partial charge in [0.15, 0.2) is 0 Å². The number of carbonyl (C=O) groups is 1. The van der Waals surface area contributed by atoms with E-state index < -0.39 is 11.4 Å². The van der Waals surface area contributed by atoms with E-state index in [4.69, 9.17) is 0 Å². The van der Waals surface area contributed by atoms with E-state index in [2.05, 4.69) is 15.2 Å². The fraction of sp³-hybridized carbons (Fsp3) is 0.538. The van der Waals surface area contributed by atoms with E-state index in [1.54, 1.807) is 18.4 Å². The van der Waals surface area contributed by atoms with Crippen molar-refractivity contribution < 1.29 is 4.79 Å². The van der Waals surface area contributed by atoms with Gasteiger partial charge in [0.2, 0.25) is 5.91 Å². The number of H-pyrrole nitrogens is 2. The predicted octanol–water partition coefficient (Wildman–Crippen LogP) is 0.412. The third kappa shape index (κ3) is 3.03. The zero-order valence-electron chi connectivity index (χ0n) is 13.0. The summed E-state index contributed by atoms with van der Waals surface area (Å²) < 4.78 is 0.836. The smallest absolute Gasteiger partial charge is 0.337 e. The molecule has 9 heteroatoms. The number of thiazole rings is 1. The average Bonchev–Trinajstić information content (AvgIpc) is 3.02. The number of hydrogen-bond acceptors (Lipinski definition) is 5. The first-order valence-corrected chi connectivity index (χ1v) is 7.76. The number of rotatable bonds is 5. The fourth-order valence-corrected chi connectivity index (χ4v) is 3.22. The largest absolute Gasteiger partial charge is 0.344 e. The zero-order chi connectivity index (χ0) is 16.4. The van der Waals surface area contributed by atoms with Gasteiger partial charge in [-0.3, -0.25) is 4.79 Å². The molecule has 0 aliphatic rings. The van der Waals surface area contributed by atoms with E-state index in [9.17, 15) is 14.4 Å². The number of aromatic amines is 2. The van der Waals surface area contributed by atoms with Crippen molar-refractivity contribution >= 4 is 17.2 Å². The van der Waals surface area contributed by atoms with Crippen LogP contribution in [0, 0.1) is 6.92 Å². The van der Waals surface area contributed by atoms with Gasteiger partial charge < -0.3 is 4.90 Å². The van der Waals surface area contributed by atoms with Crippen LogP contribution in [0.3, 0.4) is 0 Å². The molecule has 2 rings (SSSR count). The number of aromatic nitrogens is 4. The molecular weight excluding hydrogens is 306 g/mol. The van der Waals surface area contributed by atoms with E-state index in [1.807, 2.05) is 20.8 Å². The lowest BCUT2D eigenvalue weighted by atomic mass is 10.2. The summed E-state index contributed by atoms with van der Waals surface area (Å²) in [6.07, 6.45) is 0.851. The molecule has 0 radical (unpaired) electrons. The molecule has 0 aromatic carbocycles. The molecule has 0 saturated carbocycles. The molecule has 0 spiro atoms. The van der Waals surface area contributed by atoms with Crippen molar-refractivity contribution in [3.8, 4) is 0 Å². The van der Waals surface area contributed by atoms with Crippen LogP contribution in [0.15, 0.2) is 9.59 Å². The van der Waals surface area contributed by atoms with E-state index in [1.165, 1.54) is 4.90 Å². The summed E-state index contributed by atoms with van der Waals surface area (Å²) in [6, 6.07) is -0.168. The first kappa shape index (κ1) is 16.2. The Morgan fingerprint density at radius 3 is 2.45 bits per heavy atom. The highest BCUT2D eigenvalue weighted by Gasteiger charge is 2.22. The quantitative estimate of drug-likeness (QED) is 0.831. The molecule has 1 amide bonds. The second-order valence-corrected chi connectivity index (χ2v) is 6.15. The van der Waals surface area contributed by atoms with Gasteiger partial charge in [-0.05, 0) is 20.3 Å². The number of amides is 1. The Labute approximate surface area is 130 Å². The van der Waals surface area contributed by atoms with Gasteiger partial charge in [0, 0.05) is 11.9 Å². The molecule has 22 heavy (non-hydrogen) atoms. The van der Waals surface area contributed by atoms with Crippen LogP contribution in [0.2, 0.25) is 0 Å². The average molecular weight is 325 g/mol. The molecule has 2 aromatic rings. The SMILES string of the molecule is CCc1nc(C)c(C(C)N(C)C(=O)Cn2c(=O)[nH][nH]c2=O)s1. The van der Waals surface area contributed by atoms with Gasteiger partial charge in [-0.2, -0.15) is 0 Å². The monoisotopic (exact) mass is 325 g/mol. The number of nitrogens with one attached hydrogen (secondary N) is 2. The van der Waals surface area contributed by atoms with Crippen molar-refractivity contribution in [2.45, 2.75) is 39.8 Å². The summed E-state index contributed by atoms with van der Waals surface area (Å²) in [5.74, 6) is -0.314. The van der Waals surface area contributed by atoms with Crippen LogP contribution in [0.5, 0.6) is 0 Å². The molecule has 120 valence electrons. The first-order valence-electron chi connectivity index (χ1n) is 6.94. The van der Waals surface area contributed by atoms with Gasteiger partial charge in [-0.1, -0.05) is 6.92 Å². The first-order chi connectivity index (χ1) is 10.3. The van der Waals surface area contributed by atoms with E-state index in [0.717, 1.165) is 26.6 Å². The summed E-state index contributed by atoms with van der Waals surface area (Å²) in [7, 11) is 1.66. The lowest BCUT2D eigenvalue weighted by Crippen LogP contribution is -2.38. The van der Waals surface area contributed by atoms with Crippen LogP contribution in [0.1, 0.15) is 35.5 Å². The van der Waals surface area contributed by atoms with Gasteiger partial charge in [0.05, 0.1) is 16.7 Å². The lowest BCUT2D eigenvalue weighted by molar-refractivity contribution is -0.132. The van der Waals surface area contributed by atoms with Crippen molar-refractivity contribution in [2.75, 3.05) is 7.05 Å². The van der Waals surface area contributed by atoms with Crippen LogP contribution < -0.4 is 11.4 Å². The van der Waals surface area contributed by atoms with Crippen LogP contribution in [0.4, 0.5) is 0 Å². The molecule has 2 aromatic heterocycles. The van der Waals surface area contributed by atoms with Crippen molar-refractivity contribution in [1.82, 2.24) is 24.6 Å². The second-order valence-electron chi connectivity index (χ2n) is 5.04. The molecule has 0 bridgehead atoms. The predicted molar refractivity (Wildman–Crippen MR) is 83.1 cm³/mol. The fourth-order valence-electron chi connectivity index (χ4n) is 2.12. The lowest BCUT2D eigenvalue weighted by Gasteiger charge is -2.24. The van der Waals surface area contributed by atoms with E-state index in [0.29, 0.717) is 0 Å². The highest BCUT2D eigenvalue weighted by atomic mass is 32.1. The summed E-state index contributed by atoms with van der Waals surface area (Å²) >= 11 is 1.58. The topological polar surface area (TPSA) is 104 Å². The molecule has 1 unspecified atom stereocenters. The molecule has 0 aliphatic heterocycles. The molecule has 1 atom stereocenters. The minimum absolute atomic E-state index is 0.168. The van der Waals surface area contributed by atoms with Gasteiger partial charge >= 0.3 is 11.4 Å².